The van der Waals surface area contributed by atoms with Gasteiger partial charge in [0.2, 0.25) is 0 Å². The van der Waals surface area contributed by atoms with Crippen LogP contribution in [0.1, 0.15) is 32.7 Å². The summed E-state index contributed by atoms with van der Waals surface area (Å²) in [6.07, 6.45) is 1.16. The van der Waals surface area contributed by atoms with Crippen molar-refractivity contribution in [1.82, 2.24) is 4.90 Å². The van der Waals surface area contributed by atoms with Crippen LogP contribution in [-0.2, 0) is 0 Å². The van der Waals surface area contributed by atoms with Crippen molar-refractivity contribution in [3.63, 3.8) is 0 Å². The van der Waals surface area contributed by atoms with Crippen molar-refractivity contribution in [2.45, 2.75) is 19.4 Å². The van der Waals surface area contributed by atoms with Gasteiger partial charge in [0.1, 0.15) is 0 Å². The summed E-state index contributed by atoms with van der Waals surface area (Å²) in [5.41, 5.74) is 4.73. The summed E-state index contributed by atoms with van der Waals surface area (Å²) in [6.45, 7) is 4.01. The van der Waals surface area contributed by atoms with Crippen molar-refractivity contribution in [1.29, 1.82) is 0 Å². The maximum Gasteiger partial charge on any atom is 0.255 e. The molecule has 6 heteroatoms. The van der Waals surface area contributed by atoms with Gasteiger partial charge in [-0.3, -0.25) is 9.59 Å². The highest BCUT2D eigenvalue weighted by Gasteiger charge is 2.24. The second-order valence-corrected chi connectivity index (χ2v) is 8.75. The Balaban J connectivity index is 1.33. The van der Waals surface area contributed by atoms with Gasteiger partial charge < -0.3 is 20.4 Å². The van der Waals surface area contributed by atoms with E-state index in [2.05, 4.69) is 46.7 Å². The van der Waals surface area contributed by atoms with Crippen molar-refractivity contribution in [2.24, 2.45) is 0 Å². The number of nitrogens with zero attached hydrogens (tertiary/aromatic N) is 2. The number of carbonyl (C=O) groups is 2. The number of hydrogen-bond donors (Lipinski definition) is 2. The van der Waals surface area contributed by atoms with Crippen LogP contribution in [-0.4, -0.2) is 49.9 Å². The fourth-order valence-electron chi connectivity index (χ4n) is 4.05. The predicted octanol–water partition coefficient (Wildman–Crippen LogP) is 4.64. The Labute approximate surface area is 195 Å². The lowest BCUT2D eigenvalue weighted by Gasteiger charge is -2.22. The van der Waals surface area contributed by atoms with Crippen molar-refractivity contribution >= 4 is 28.9 Å². The van der Waals surface area contributed by atoms with Crippen LogP contribution >= 0.6 is 0 Å². The summed E-state index contributed by atoms with van der Waals surface area (Å²) in [5.74, 6) is -0.362. The minimum Gasteiger partial charge on any atom is -0.370 e. The number of nitrogens with one attached hydrogen (secondary N) is 2. The maximum atomic E-state index is 12.7. The van der Waals surface area contributed by atoms with Gasteiger partial charge >= 0.3 is 0 Å². The first kappa shape index (κ1) is 22.6. The van der Waals surface area contributed by atoms with Crippen molar-refractivity contribution in [3.8, 4) is 0 Å². The number of benzene rings is 3. The summed E-state index contributed by atoms with van der Waals surface area (Å²) < 4.78 is 0. The molecule has 2 N–H and O–H groups in total. The molecule has 0 saturated carbocycles. The number of rotatable bonds is 6. The van der Waals surface area contributed by atoms with E-state index in [0.29, 0.717) is 22.9 Å². The van der Waals surface area contributed by atoms with Gasteiger partial charge in [0.15, 0.2) is 0 Å². The van der Waals surface area contributed by atoms with Gasteiger partial charge in [0.25, 0.3) is 11.8 Å². The molecule has 3 aromatic carbocycles. The van der Waals surface area contributed by atoms with Crippen LogP contribution in [0.4, 0.5) is 17.1 Å². The molecule has 33 heavy (non-hydrogen) atoms. The molecule has 0 aliphatic carbocycles. The van der Waals surface area contributed by atoms with E-state index in [-0.39, 0.29) is 11.8 Å². The molecule has 0 radical (unpaired) electrons. The van der Waals surface area contributed by atoms with E-state index in [4.69, 9.17) is 0 Å². The SMILES string of the molecule is Cc1cccc(C(=O)Nc2ccc(C(=O)Nc3ccc(N4CCC(N(C)C)C4)cc3)cc2)c1. The minimum absolute atomic E-state index is 0.175. The Morgan fingerprint density at radius 2 is 1.45 bits per heavy atom. The Bertz CT molecular complexity index is 1120. The van der Waals surface area contributed by atoms with Gasteiger partial charge in [-0.25, -0.2) is 0 Å². The van der Waals surface area contributed by atoms with Crippen molar-refractivity contribution in [2.75, 3.05) is 42.7 Å². The quantitative estimate of drug-likeness (QED) is 0.584. The normalized spacial score (nSPS) is 15.5. The van der Waals surface area contributed by atoms with Crippen molar-refractivity contribution in [3.05, 3.63) is 89.5 Å². The zero-order valence-electron chi connectivity index (χ0n) is 19.3. The third kappa shape index (κ3) is 5.59. The first-order chi connectivity index (χ1) is 15.9. The molecule has 0 bridgehead atoms. The van der Waals surface area contributed by atoms with Crippen LogP contribution < -0.4 is 15.5 Å². The average molecular weight is 443 g/mol. The minimum atomic E-state index is -0.187. The molecule has 6 nitrogen and oxygen atoms in total. The molecule has 4 rings (SSSR count). The van der Waals surface area contributed by atoms with E-state index in [1.165, 1.54) is 5.69 Å². The highest BCUT2D eigenvalue weighted by Crippen LogP contribution is 2.24. The van der Waals surface area contributed by atoms with Gasteiger partial charge in [0.05, 0.1) is 0 Å². The summed E-state index contributed by atoms with van der Waals surface area (Å²) in [5, 5.41) is 5.81. The fraction of sp³-hybridized carbons (Fsp3) is 0.259. The Morgan fingerprint density at radius 3 is 2.03 bits per heavy atom. The number of amides is 2. The monoisotopic (exact) mass is 442 g/mol. The molecule has 1 unspecified atom stereocenters. The third-order valence-corrected chi connectivity index (χ3v) is 6.07. The molecule has 1 saturated heterocycles. The molecular formula is C27H30N4O2. The number of aryl methyl sites for hydroxylation is 1. The van der Waals surface area contributed by atoms with Gasteiger partial charge in [-0.1, -0.05) is 17.7 Å². The van der Waals surface area contributed by atoms with Crippen LogP contribution in [0.2, 0.25) is 0 Å². The largest absolute Gasteiger partial charge is 0.370 e. The highest BCUT2D eigenvalue weighted by atomic mass is 16.2. The molecule has 1 aliphatic rings. The lowest BCUT2D eigenvalue weighted by molar-refractivity contribution is 0.102. The van der Waals surface area contributed by atoms with Gasteiger partial charge in [-0.2, -0.15) is 0 Å². The number of anilines is 3. The predicted molar refractivity (Wildman–Crippen MR) is 134 cm³/mol. The van der Waals surface area contributed by atoms with Crippen LogP contribution in [0, 0.1) is 6.92 Å². The summed E-state index contributed by atoms with van der Waals surface area (Å²) in [7, 11) is 4.24. The van der Waals surface area contributed by atoms with E-state index < -0.39 is 0 Å². The number of likely N-dealkylation sites (N-methyl/N-ethyl adjacent to an activating group) is 1. The molecule has 1 atom stereocenters. The summed E-state index contributed by atoms with van der Waals surface area (Å²) in [4.78, 5) is 29.7. The maximum absolute atomic E-state index is 12.7. The molecule has 2 amide bonds. The summed E-state index contributed by atoms with van der Waals surface area (Å²) in [6, 6.07) is 22.9. The Hall–Kier alpha value is -3.64. The topological polar surface area (TPSA) is 64.7 Å². The molecule has 1 aliphatic heterocycles. The molecule has 1 fully saturated rings. The smallest absolute Gasteiger partial charge is 0.255 e. The van der Waals surface area contributed by atoms with Gasteiger partial charge in [-0.15, -0.1) is 0 Å². The van der Waals surface area contributed by atoms with E-state index in [1.54, 1.807) is 30.3 Å². The standard InChI is InChI=1S/C27H30N4O2/c1-19-5-4-6-21(17-19)27(33)29-22-9-7-20(8-10-22)26(32)28-23-11-13-24(14-12-23)31-16-15-25(18-31)30(2)3/h4-14,17,25H,15-16,18H2,1-3H3,(H,28,32)(H,29,33). The number of carbonyl (C=O) groups excluding carboxylic acids is 2. The first-order valence-corrected chi connectivity index (χ1v) is 11.2. The van der Waals surface area contributed by atoms with Crippen LogP contribution in [0.25, 0.3) is 0 Å². The molecule has 1 heterocycles. The van der Waals surface area contributed by atoms with Crippen molar-refractivity contribution < 1.29 is 9.59 Å². The number of hydrogen-bond acceptors (Lipinski definition) is 4. The lowest BCUT2D eigenvalue weighted by Crippen LogP contribution is -2.31. The second-order valence-electron chi connectivity index (χ2n) is 8.75. The van der Waals surface area contributed by atoms with E-state index in [1.807, 2.05) is 37.3 Å². The van der Waals surface area contributed by atoms with Crippen LogP contribution in [0.15, 0.2) is 72.8 Å². The zero-order valence-corrected chi connectivity index (χ0v) is 19.3. The van der Waals surface area contributed by atoms with E-state index in [0.717, 1.165) is 30.8 Å². The first-order valence-electron chi connectivity index (χ1n) is 11.2. The molecule has 0 aromatic heterocycles. The van der Waals surface area contributed by atoms with E-state index >= 15 is 0 Å². The Kier molecular flexibility index (Phi) is 6.75. The zero-order chi connectivity index (χ0) is 23.4. The second kappa shape index (κ2) is 9.88. The Morgan fingerprint density at radius 1 is 0.848 bits per heavy atom. The van der Waals surface area contributed by atoms with E-state index in [9.17, 15) is 9.59 Å². The third-order valence-electron chi connectivity index (χ3n) is 6.07. The molecule has 3 aromatic rings. The fourth-order valence-corrected chi connectivity index (χ4v) is 4.05. The van der Waals surface area contributed by atoms with Crippen LogP contribution in [0.3, 0.4) is 0 Å². The molecule has 170 valence electrons. The summed E-state index contributed by atoms with van der Waals surface area (Å²) >= 11 is 0. The van der Waals surface area contributed by atoms with Gasteiger partial charge in [0, 0.05) is 47.3 Å². The lowest BCUT2D eigenvalue weighted by atomic mass is 10.1. The highest BCUT2D eigenvalue weighted by molar-refractivity contribution is 6.06. The van der Waals surface area contributed by atoms with Gasteiger partial charge in [-0.05, 0) is 88.1 Å². The molecular weight excluding hydrogens is 412 g/mol. The average Bonchev–Trinajstić information content (AvgIpc) is 3.31. The molecule has 0 spiro atoms. The van der Waals surface area contributed by atoms with Crippen LogP contribution in [0.5, 0.6) is 0 Å².